The number of likely N-dealkylation sites (tertiary alicyclic amines) is 1. The Morgan fingerprint density at radius 1 is 1.50 bits per heavy atom. The van der Waals surface area contributed by atoms with E-state index in [1.165, 1.54) is 12.8 Å². The minimum absolute atomic E-state index is 0.220. The third-order valence-electron chi connectivity index (χ3n) is 3.33. The molecule has 1 saturated heterocycles. The molecule has 1 fully saturated rings. The second-order valence-corrected chi connectivity index (χ2v) is 4.43. The van der Waals surface area contributed by atoms with Gasteiger partial charge < -0.3 is 10.2 Å². The van der Waals surface area contributed by atoms with Gasteiger partial charge in [0.15, 0.2) is 0 Å². The zero-order valence-corrected chi connectivity index (χ0v) is 9.32. The van der Waals surface area contributed by atoms with Gasteiger partial charge in [0.25, 0.3) is 0 Å². The van der Waals surface area contributed by atoms with Crippen LogP contribution in [0.25, 0.3) is 0 Å². The number of hydrogen-bond acceptors (Lipinski definition) is 3. The summed E-state index contributed by atoms with van der Waals surface area (Å²) in [6, 6.07) is 0.255. The number of piperidine rings is 1. The molecule has 3 atom stereocenters. The number of hydrogen-bond donors (Lipinski definition) is 2. The molecule has 1 aliphatic heterocycles. The summed E-state index contributed by atoms with van der Waals surface area (Å²) in [6.45, 7) is 6.13. The quantitative estimate of drug-likeness (QED) is 0.708. The number of nitrogens with zero attached hydrogens (tertiary/aromatic N) is 1. The lowest BCUT2D eigenvalue weighted by Crippen LogP contribution is -2.49. The summed E-state index contributed by atoms with van der Waals surface area (Å²) in [7, 11) is 0. The van der Waals surface area contributed by atoms with Crippen molar-refractivity contribution in [3.05, 3.63) is 0 Å². The summed E-state index contributed by atoms with van der Waals surface area (Å²) >= 11 is 0. The Bertz CT molecular complexity index is 163. The van der Waals surface area contributed by atoms with Crippen LogP contribution in [0.4, 0.5) is 0 Å². The SMILES string of the molecule is CCC(O)CN1CCCC(C)C1CO. The maximum atomic E-state index is 9.59. The predicted molar refractivity (Wildman–Crippen MR) is 57.1 cm³/mol. The highest BCUT2D eigenvalue weighted by atomic mass is 16.3. The molecule has 1 rings (SSSR count). The Hall–Kier alpha value is -0.120. The molecule has 0 aliphatic carbocycles. The van der Waals surface area contributed by atoms with E-state index in [-0.39, 0.29) is 18.8 Å². The van der Waals surface area contributed by atoms with Gasteiger partial charge in [0.2, 0.25) is 0 Å². The molecule has 0 bridgehead atoms. The van der Waals surface area contributed by atoms with E-state index in [4.69, 9.17) is 0 Å². The molecule has 0 saturated carbocycles. The fraction of sp³-hybridized carbons (Fsp3) is 1.00. The topological polar surface area (TPSA) is 43.7 Å². The highest BCUT2D eigenvalue weighted by molar-refractivity contribution is 4.82. The van der Waals surface area contributed by atoms with E-state index in [1.807, 2.05) is 6.92 Å². The van der Waals surface area contributed by atoms with Crippen molar-refractivity contribution in [2.24, 2.45) is 5.92 Å². The predicted octanol–water partition coefficient (Wildman–Crippen LogP) is 0.850. The number of β-amino-alcohol motifs (C(OH)–C–C–N with tert-alkyl or cyclic N) is 1. The lowest BCUT2D eigenvalue weighted by atomic mass is 9.91. The molecule has 0 aromatic carbocycles. The Kier molecular flexibility index (Phi) is 4.85. The largest absolute Gasteiger partial charge is 0.395 e. The zero-order chi connectivity index (χ0) is 10.6. The van der Waals surface area contributed by atoms with Crippen LogP contribution in [0.1, 0.15) is 33.1 Å². The molecule has 0 aromatic heterocycles. The highest BCUT2D eigenvalue weighted by Crippen LogP contribution is 2.23. The first-order valence-electron chi connectivity index (χ1n) is 5.72. The van der Waals surface area contributed by atoms with E-state index in [1.54, 1.807) is 0 Å². The van der Waals surface area contributed by atoms with E-state index >= 15 is 0 Å². The Labute approximate surface area is 86.7 Å². The van der Waals surface area contributed by atoms with Crippen molar-refractivity contribution in [1.29, 1.82) is 0 Å². The molecule has 3 unspecified atom stereocenters. The van der Waals surface area contributed by atoms with E-state index in [0.29, 0.717) is 12.5 Å². The molecule has 3 heteroatoms. The number of aliphatic hydroxyl groups is 2. The van der Waals surface area contributed by atoms with Gasteiger partial charge in [-0.3, -0.25) is 4.90 Å². The van der Waals surface area contributed by atoms with Gasteiger partial charge in [-0.1, -0.05) is 13.8 Å². The van der Waals surface area contributed by atoms with E-state index in [9.17, 15) is 10.2 Å². The molecule has 1 aliphatic rings. The molecule has 14 heavy (non-hydrogen) atoms. The Morgan fingerprint density at radius 3 is 2.79 bits per heavy atom. The Morgan fingerprint density at radius 2 is 2.21 bits per heavy atom. The van der Waals surface area contributed by atoms with Crippen molar-refractivity contribution in [2.45, 2.75) is 45.3 Å². The normalized spacial score (nSPS) is 31.7. The second kappa shape index (κ2) is 5.69. The average Bonchev–Trinajstić information content (AvgIpc) is 2.18. The lowest BCUT2D eigenvalue weighted by Gasteiger charge is -2.39. The first kappa shape index (κ1) is 12.0. The van der Waals surface area contributed by atoms with Crippen LogP contribution in [-0.4, -0.2) is 47.0 Å². The fourth-order valence-corrected chi connectivity index (χ4v) is 2.26. The summed E-state index contributed by atoms with van der Waals surface area (Å²) in [5.74, 6) is 0.554. The smallest absolute Gasteiger partial charge is 0.0664 e. The van der Waals surface area contributed by atoms with Gasteiger partial charge >= 0.3 is 0 Å². The maximum absolute atomic E-state index is 9.59. The molecule has 0 amide bonds. The van der Waals surface area contributed by atoms with Gasteiger partial charge in [0, 0.05) is 12.6 Å². The van der Waals surface area contributed by atoms with Crippen LogP contribution in [0, 0.1) is 5.92 Å². The highest BCUT2D eigenvalue weighted by Gasteiger charge is 2.28. The Balaban J connectivity index is 2.47. The van der Waals surface area contributed by atoms with Crippen molar-refractivity contribution < 1.29 is 10.2 Å². The first-order chi connectivity index (χ1) is 6.69. The number of aliphatic hydroxyl groups excluding tert-OH is 2. The molecule has 0 aromatic rings. The lowest BCUT2D eigenvalue weighted by molar-refractivity contribution is 0.0163. The number of rotatable bonds is 4. The zero-order valence-electron chi connectivity index (χ0n) is 9.32. The van der Waals surface area contributed by atoms with Gasteiger partial charge in [-0.15, -0.1) is 0 Å². The van der Waals surface area contributed by atoms with Gasteiger partial charge in [-0.25, -0.2) is 0 Å². The van der Waals surface area contributed by atoms with Crippen LogP contribution in [0.3, 0.4) is 0 Å². The molecular weight excluding hydrogens is 178 g/mol. The van der Waals surface area contributed by atoms with Crippen molar-refractivity contribution >= 4 is 0 Å². The van der Waals surface area contributed by atoms with Crippen LogP contribution in [0.2, 0.25) is 0 Å². The van der Waals surface area contributed by atoms with Gasteiger partial charge in [0.05, 0.1) is 12.7 Å². The average molecular weight is 201 g/mol. The van der Waals surface area contributed by atoms with Crippen molar-refractivity contribution in [3.8, 4) is 0 Å². The van der Waals surface area contributed by atoms with E-state index < -0.39 is 0 Å². The molecule has 84 valence electrons. The molecule has 2 N–H and O–H groups in total. The van der Waals surface area contributed by atoms with Crippen LogP contribution < -0.4 is 0 Å². The fourth-order valence-electron chi connectivity index (χ4n) is 2.26. The van der Waals surface area contributed by atoms with Crippen LogP contribution in [0.15, 0.2) is 0 Å². The minimum atomic E-state index is -0.241. The summed E-state index contributed by atoms with van der Waals surface area (Å²) < 4.78 is 0. The monoisotopic (exact) mass is 201 g/mol. The third kappa shape index (κ3) is 2.94. The van der Waals surface area contributed by atoms with E-state index in [0.717, 1.165) is 13.0 Å². The molecular formula is C11H23NO2. The van der Waals surface area contributed by atoms with Gasteiger partial charge in [0.1, 0.15) is 0 Å². The summed E-state index contributed by atoms with van der Waals surface area (Å²) in [5, 5.41) is 18.9. The van der Waals surface area contributed by atoms with Gasteiger partial charge in [-0.05, 0) is 31.7 Å². The van der Waals surface area contributed by atoms with Crippen LogP contribution in [0.5, 0.6) is 0 Å². The third-order valence-corrected chi connectivity index (χ3v) is 3.33. The van der Waals surface area contributed by atoms with E-state index in [2.05, 4.69) is 11.8 Å². The van der Waals surface area contributed by atoms with Crippen molar-refractivity contribution in [2.75, 3.05) is 19.7 Å². The molecule has 0 spiro atoms. The van der Waals surface area contributed by atoms with Crippen LogP contribution >= 0.6 is 0 Å². The first-order valence-corrected chi connectivity index (χ1v) is 5.72. The van der Waals surface area contributed by atoms with Crippen molar-refractivity contribution in [3.63, 3.8) is 0 Å². The molecule has 0 radical (unpaired) electrons. The summed E-state index contributed by atoms with van der Waals surface area (Å²) in [4.78, 5) is 2.24. The second-order valence-electron chi connectivity index (χ2n) is 4.43. The summed E-state index contributed by atoms with van der Waals surface area (Å²) in [6.07, 6.45) is 2.94. The van der Waals surface area contributed by atoms with Gasteiger partial charge in [-0.2, -0.15) is 0 Å². The maximum Gasteiger partial charge on any atom is 0.0664 e. The standard InChI is InChI=1S/C11H23NO2/c1-3-10(14)7-12-6-4-5-9(2)11(12)8-13/h9-11,13-14H,3-8H2,1-2H3. The van der Waals surface area contributed by atoms with Crippen molar-refractivity contribution in [1.82, 2.24) is 4.90 Å². The molecule has 3 nitrogen and oxygen atoms in total. The van der Waals surface area contributed by atoms with Crippen LogP contribution in [-0.2, 0) is 0 Å². The summed E-state index contributed by atoms with van der Waals surface area (Å²) in [5.41, 5.74) is 0. The minimum Gasteiger partial charge on any atom is -0.395 e. The molecule has 1 heterocycles.